The van der Waals surface area contributed by atoms with E-state index in [0.29, 0.717) is 10.0 Å². The molecule has 100 valence electrons. The lowest BCUT2D eigenvalue weighted by Gasteiger charge is -2.19. The Morgan fingerprint density at radius 2 is 1.84 bits per heavy atom. The summed E-state index contributed by atoms with van der Waals surface area (Å²) in [5, 5.41) is 4.25. The van der Waals surface area contributed by atoms with E-state index in [2.05, 4.69) is 27.9 Å². The maximum Gasteiger partial charge on any atom is 0.124 e. The van der Waals surface area contributed by atoms with Gasteiger partial charge >= 0.3 is 0 Å². The smallest absolute Gasteiger partial charge is 0.124 e. The van der Waals surface area contributed by atoms with E-state index < -0.39 is 0 Å². The summed E-state index contributed by atoms with van der Waals surface area (Å²) in [7, 11) is 1.85. The van der Waals surface area contributed by atoms with E-state index in [-0.39, 0.29) is 11.9 Å². The van der Waals surface area contributed by atoms with Crippen LogP contribution in [0.25, 0.3) is 0 Å². The molecular formula is C14H11Cl2FIN. The van der Waals surface area contributed by atoms with Gasteiger partial charge < -0.3 is 5.32 Å². The summed E-state index contributed by atoms with van der Waals surface area (Å²) in [4.78, 5) is 0. The molecule has 2 rings (SSSR count). The summed E-state index contributed by atoms with van der Waals surface area (Å²) < 4.78 is 14.0. The van der Waals surface area contributed by atoms with Crippen molar-refractivity contribution in [3.8, 4) is 0 Å². The van der Waals surface area contributed by atoms with E-state index in [1.807, 2.05) is 19.2 Å². The lowest BCUT2D eigenvalue weighted by molar-refractivity contribution is 0.621. The lowest BCUT2D eigenvalue weighted by atomic mass is 9.99. The first kappa shape index (κ1) is 15.0. The molecule has 0 amide bonds. The van der Waals surface area contributed by atoms with E-state index in [4.69, 9.17) is 23.2 Å². The van der Waals surface area contributed by atoms with Crippen LogP contribution >= 0.6 is 45.8 Å². The van der Waals surface area contributed by atoms with Crippen molar-refractivity contribution in [3.05, 3.63) is 67.0 Å². The van der Waals surface area contributed by atoms with Crippen molar-refractivity contribution >= 4 is 45.8 Å². The minimum Gasteiger partial charge on any atom is -0.309 e. The average molecular weight is 410 g/mol. The SMILES string of the molecule is CNC(c1ccc(Cl)c(Cl)c1)c1ccc(F)cc1I. The van der Waals surface area contributed by atoms with E-state index in [1.54, 1.807) is 12.1 Å². The zero-order chi connectivity index (χ0) is 14.0. The van der Waals surface area contributed by atoms with Gasteiger partial charge in [0.05, 0.1) is 16.1 Å². The predicted molar refractivity (Wildman–Crippen MR) is 86.5 cm³/mol. The Morgan fingerprint density at radius 1 is 1.11 bits per heavy atom. The highest BCUT2D eigenvalue weighted by Gasteiger charge is 2.16. The third-order valence-corrected chi connectivity index (χ3v) is 4.51. The first-order valence-electron chi connectivity index (χ1n) is 5.60. The van der Waals surface area contributed by atoms with Crippen LogP contribution in [0.2, 0.25) is 10.0 Å². The minimum absolute atomic E-state index is 0.0535. The van der Waals surface area contributed by atoms with Gasteiger partial charge in [-0.1, -0.05) is 35.3 Å². The molecule has 1 unspecified atom stereocenters. The Bertz CT molecular complexity index is 604. The fourth-order valence-electron chi connectivity index (χ4n) is 1.93. The van der Waals surface area contributed by atoms with Crippen LogP contribution in [-0.2, 0) is 0 Å². The standard InChI is InChI=1S/C14H11Cl2FIN/c1-19-14(8-2-5-11(15)12(16)6-8)10-4-3-9(17)7-13(10)18/h2-7,14,19H,1H3. The Morgan fingerprint density at radius 3 is 2.42 bits per heavy atom. The average Bonchev–Trinajstić information content (AvgIpc) is 2.37. The Balaban J connectivity index is 2.46. The number of nitrogens with one attached hydrogen (secondary N) is 1. The number of benzene rings is 2. The molecule has 0 fully saturated rings. The highest BCUT2D eigenvalue weighted by Crippen LogP contribution is 2.30. The van der Waals surface area contributed by atoms with Gasteiger partial charge in [-0.3, -0.25) is 0 Å². The molecule has 0 spiro atoms. The molecule has 0 radical (unpaired) electrons. The minimum atomic E-state index is -0.239. The van der Waals surface area contributed by atoms with Crippen molar-refractivity contribution in [2.24, 2.45) is 0 Å². The molecule has 0 aliphatic heterocycles. The second-order valence-electron chi connectivity index (χ2n) is 4.06. The van der Waals surface area contributed by atoms with Gasteiger partial charge in [-0.05, 0) is 65.0 Å². The van der Waals surface area contributed by atoms with Gasteiger partial charge in [-0.15, -0.1) is 0 Å². The van der Waals surface area contributed by atoms with Crippen LogP contribution in [0.4, 0.5) is 4.39 Å². The van der Waals surface area contributed by atoms with Gasteiger partial charge in [-0.25, -0.2) is 4.39 Å². The van der Waals surface area contributed by atoms with Gasteiger partial charge in [-0.2, -0.15) is 0 Å². The molecule has 0 saturated heterocycles. The van der Waals surface area contributed by atoms with Crippen LogP contribution in [0.3, 0.4) is 0 Å². The Hall–Kier alpha value is -0.360. The molecule has 1 atom stereocenters. The fraction of sp³-hybridized carbons (Fsp3) is 0.143. The molecule has 1 N–H and O–H groups in total. The number of hydrogen-bond acceptors (Lipinski definition) is 1. The van der Waals surface area contributed by atoms with Gasteiger partial charge in [0, 0.05) is 3.57 Å². The molecule has 0 bridgehead atoms. The zero-order valence-corrected chi connectivity index (χ0v) is 13.7. The predicted octanol–water partition coefficient (Wildman–Crippen LogP) is 5.05. The van der Waals surface area contributed by atoms with E-state index in [9.17, 15) is 4.39 Å². The third kappa shape index (κ3) is 3.40. The molecule has 0 saturated carbocycles. The Labute approximate surface area is 135 Å². The van der Waals surface area contributed by atoms with Gasteiger partial charge in [0.25, 0.3) is 0 Å². The van der Waals surface area contributed by atoms with Crippen LogP contribution in [0, 0.1) is 9.39 Å². The fourth-order valence-corrected chi connectivity index (χ4v) is 3.02. The molecule has 2 aromatic carbocycles. The largest absolute Gasteiger partial charge is 0.309 e. The topological polar surface area (TPSA) is 12.0 Å². The van der Waals surface area contributed by atoms with Crippen molar-refractivity contribution in [2.75, 3.05) is 7.05 Å². The highest BCUT2D eigenvalue weighted by molar-refractivity contribution is 14.1. The number of hydrogen-bond donors (Lipinski definition) is 1. The van der Waals surface area contributed by atoms with Gasteiger partial charge in [0.2, 0.25) is 0 Å². The molecule has 19 heavy (non-hydrogen) atoms. The summed E-state index contributed by atoms with van der Waals surface area (Å²) >= 11 is 14.1. The molecule has 0 aliphatic rings. The molecule has 0 aliphatic carbocycles. The highest BCUT2D eigenvalue weighted by atomic mass is 127. The van der Waals surface area contributed by atoms with Crippen molar-refractivity contribution in [2.45, 2.75) is 6.04 Å². The third-order valence-electron chi connectivity index (χ3n) is 2.84. The van der Waals surface area contributed by atoms with Crippen molar-refractivity contribution in [1.29, 1.82) is 0 Å². The zero-order valence-electron chi connectivity index (χ0n) is 10.1. The van der Waals surface area contributed by atoms with Crippen LogP contribution in [0.5, 0.6) is 0 Å². The van der Waals surface area contributed by atoms with Crippen molar-refractivity contribution in [1.82, 2.24) is 5.32 Å². The second kappa shape index (κ2) is 6.39. The second-order valence-corrected chi connectivity index (χ2v) is 6.04. The van der Waals surface area contributed by atoms with Crippen LogP contribution < -0.4 is 5.32 Å². The normalized spacial score (nSPS) is 12.5. The Kier molecular flexibility index (Phi) is 5.06. The van der Waals surface area contributed by atoms with Crippen LogP contribution in [0.15, 0.2) is 36.4 Å². The van der Waals surface area contributed by atoms with Gasteiger partial charge in [0.15, 0.2) is 0 Å². The quantitative estimate of drug-likeness (QED) is 0.699. The summed E-state index contributed by atoms with van der Waals surface area (Å²) in [5.41, 5.74) is 1.99. The summed E-state index contributed by atoms with van der Waals surface area (Å²) in [6, 6.07) is 10.2. The first-order chi connectivity index (χ1) is 9.02. The molecule has 0 aromatic heterocycles. The molecule has 0 heterocycles. The van der Waals surface area contributed by atoms with E-state index in [0.717, 1.165) is 14.7 Å². The maximum atomic E-state index is 13.2. The summed E-state index contributed by atoms with van der Waals surface area (Å²) in [6.45, 7) is 0. The molecule has 2 aromatic rings. The van der Waals surface area contributed by atoms with Crippen LogP contribution in [0.1, 0.15) is 17.2 Å². The lowest BCUT2D eigenvalue weighted by Crippen LogP contribution is -2.18. The monoisotopic (exact) mass is 409 g/mol. The summed E-state index contributed by atoms with van der Waals surface area (Å²) in [5.74, 6) is -0.239. The van der Waals surface area contributed by atoms with E-state index in [1.165, 1.54) is 12.1 Å². The first-order valence-corrected chi connectivity index (χ1v) is 7.43. The van der Waals surface area contributed by atoms with Crippen LogP contribution in [-0.4, -0.2) is 7.05 Å². The number of halogens is 4. The molecular weight excluding hydrogens is 399 g/mol. The number of rotatable bonds is 3. The van der Waals surface area contributed by atoms with E-state index >= 15 is 0 Å². The molecule has 1 nitrogen and oxygen atoms in total. The van der Waals surface area contributed by atoms with Crippen molar-refractivity contribution < 1.29 is 4.39 Å². The van der Waals surface area contributed by atoms with Gasteiger partial charge in [0.1, 0.15) is 5.82 Å². The maximum absolute atomic E-state index is 13.2. The van der Waals surface area contributed by atoms with Crippen molar-refractivity contribution in [3.63, 3.8) is 0 Å². The summed E-state index contributed by atoms with van der Waals surface area (Å²) in [6.07, 6.45) is 0. The molecule has 5 heteroatoms.